The largest absolute Gasteiger partial charge is 0.469 e. The van der Waals surface area contributed by atoms with E-state index in [4.69, 9.17) is 15.0 Å². The molecular formula is C33H44FN4O9PS. The number of hydrogen-bond donors (Lipinski definition) is 5. The number of unbranched alkanes of at least 4 members (excludes halogenated alkanes) is 1. The number of halogens is 1. The van der Waals surface area contributed by atoms with Gasteiger partial charge >= 0.3 is 13.9 Å². The van der Waals surface area contributed by atoms with Gasteiger partial charge in [0.05, 0.1) is 24.3 Å². The van der Waals surface area contributed by atoms with E-state index in [1.807, 2.05) is 60.7 Å². The number of carbonyl (C=O) groups is 2. The fourth-order valence-corrected chi connectivity index (χ4v) is 7.49. The number of nitrogen functional groups attached to an aromatic ring is 1. The van der Waals surface area contributed by atoms with Gasteiger partial charge in [-0.1, -0.05) is 80.9 Å². The first kappa shape index (κ1) is 39.6. The van der Waals surface area contributed by atoms with E-state index >= 15 is 0 Å². The number of carbonyl (C=O) groups excluding carboxylic acids is 2. The van der Waals surface area contributed by atoms with Crippen LogP contribution in [0.5, 0.6) is 0 Å². The van der Waals surface area contributed by atoms with Gasteiger partial charge in [0.15, 0.2) is 0 Å². The minimum Gasteiger partial charge on any atom is -0.453 e. The average molecular weight is 723 g/mol. The first-order valence-corrected chi connectivity index (χ1v) is 18.6. The van der Waals surface area contributed by atoms with Gasteiger partial charge in [0, 0.05) is 25.0 Å². The maximum absolute atomic E-state index is 14.3. The van der Waals surface area contributed by atoms with Crippen LogP contribution in [0.3, 0.4) is 0 Å². The summed E-state index contributed by atoms with van der Waals surface area (Å²) < 4.78 is 64.0. The van der Waals surface area contributed by atoms with Gasteiger partial charge in [-0.3, -0.25) is 9.32 Å². The van der Waals surface area contributed by atoms with Gasteiger partial charge in [0.1, 0.15) is 11.9 Å². The van der Waals surface area contributed by atoms with Crippen LogP contribution in [0, 0.1) is 11.7 Å². The van der Waals surface area contributed by atoms with E-state index in [2.05, 4.69) is 10.6 Å². The number of phosphoric ester groups is 1. The molecule has 2 atom stereocenters. The summed E-state index contributed by atoms with van der Waals surface area (Å²) in [6.45, 7) is 2.96. The number of phosphoric acid groups is 1. The van der Waals surface area contributed by atoms with Crippen molar-refractivity contribution in [3.63, 3.8) is 0 Å². The molecule has 0 bridgehead atoms. The Balaban J connectivity index is 1.79. The highest BCUT2D eigenvalue weighted by Crippen LogP contribution is 2.37. The molecule has 0 heterocycles. The smallest absolute Gasteiger partial charge is 0.453 e. The van der Waals surface area contributed by atoms with Gasteiger partial charge < -0.3 is 30.9 Å². The van der Waals surface area contributed by atoms with Crippen LogP contribution in [-0.4, -0.2) is 73.4 Å². The monoisotopic (exact) mass is 722 g/mol. The first-order chi connectivity index (χ1) is 23.1. The van der Waals surface area contributed by atoms with E-state index in [1.54, 1.807) is 13.8 Å². The van der Waals surface area contributed by atoms with E-state index in [0.29, 0.717) is 12.8 Å². The molecule has 0 saturated carbocycles. The minimum absolute atomic E-state index is 0.0541. The lowest BCUT2D eigenvalue weighted by atomic mass is 9.84. The van der Waals surface area contributed by atoms with Crippen LogP contribution in [0.2, 0.25) is 0 Å². The van der Waals surface area contributed by atoms with E-state index in [0.717, 1.165) is 33.6 Å². The molecule has 0 aliphatic carbocycles. The molecular weight excluding hydrogens is 678 g/mol. The van der Waals surface area contributed by atoms with Gasteiger partial charge in [-0.05, 0) is 48.1 Å². The maximum atomic E-state index is 14.3. The number of benzene rings is 3. The Hall–Kier alpha value is -3.85. The van der Waals surface area contributed by atoms with Crippen molar-refractivity contribution in [3.05, 3.63) is 95.8 Å². The fourth-order valence-electron chi connectivity index (χ4n) is 5.31. The van der Waals surface area contributed by atoms with Crippen LogP contribution >= 0.6 is 7.82 Å². The Morgan fingerprint density at radius 1 is 0.980 bits per heavy atom. The third kappa shape index (κ3) is 11.9. The lowest BCUT2D eigenvalue weighted by molar-refractivity contribution is -0.123. The Bertz CT molecular complexity index is 1640. The van der Waals surface area contributed by atoms with Crippen molar-refractivity contribution in [3.8, 4) is 0 Å². The van der Waals surface area contributed by atoms with Crippen LogP contribution in [0.25, 0.3) is 0 Å². The molecule has 2 unspecified atom stereocenters. The molecule has 0 saturated heterocycles. The maximum Gasteiger partial charge on any atom is 0.469 e. The van der Waals surface area contributed by atoms with E-state index < -0.39 is 60.3 Å². The predicted molar refractivity (Wildman–Crippen MR) is 182 cm³/mol. The van der Waals surface area contributed by atoms with Crippen molar-refractivity contribution >= 4 is 35.5 Å². The fraction of sp³-hybridized carbons (Fsp3) is 0.394. The zero-order chi connectivity index (χ0) is 36.2. The van der Waals surface area contributed by atoms with Crippen molar-refractivity contribution in [2.24, 2.45) is 5.92 Å². The quantitative estimate of drug-likeness (QED) is 0.0714. The topological polar surface area (TPSA) is 198 Å². The molecule has 3 aromatic carbocycles. The molecule has 0 aliphatic heterocycles. The summed E-state index contributed by atoms with van der Waals surface area (Å²) in [6, 6.07) is 19.4. The number of anilines is 1. The molecule has 3 rings (SSSR count). The summed E-state index contributed by atoms with van der Waals surface area (Å²) in [5.74, 6) is -2.19. The van der Waals surface area contributed by atoms with Gasteiger partial charge in [-0.25, -0.2) is 22.2 Å². The van der Waals surface area contributed by atoms with E-state index in [1.165, 1.54) is 7.11 Å². The summed E-state index contributed by atoms with van der Waals surface area (Å²) in [5, 5.41) is 5.50. The summed E-state index contributed by atoms with van der Waals surface area (Å²) in [7, 11) is -8.14. The number of sulfonamides is 1. The second-order valence-electron chi connectivity index (χ2n) is 11.8. The molecule has 0 spiro atoms. The molecule has 0 radical (unpaired) electrons. The Morgan fingerprint density at radius 3 is 2.08 bits per heavy atom. The Morgan fingerprint density at radius 2 is 1.57 bits per heavy atom. The number of nitrogens with one attached hydrogen (secondary N) is 2. The third-order valence-electron chi connectivity index (χ3n) is 7.62. The summed E-state index contributed by atoms with van der Waals surface area (Å²) in [6.07, 6.45) is -0.0840. The standard InChI is InChI=1S/C33H44FN4O9PS/c1-23(2)21-38(49(44,45)27-17-18-29(35)28(34)20-27)26(22-47-48(41,42)43)16-10-11-19-36-32(39)31(37-33(40)46-3)30(24-12-6-4-7-13-24)25-14-8-5-9-15-25/h4-9,12-15,17-18,20,23,26,30-31H,10-11,16,19,21-22,35H2,1-3H3,(H,36,39)(H,37,40)(H2,41,42,43). The number of nitrogens with zero attached hydrogens (tertiary/aromatic N) is 1. The highest BCUT2D eigenvalue weighted by Gasteiger charge is 2.35. The minimum atomic E-state index is -4.98. The highest BCUT2D eigenvalue weighted by atomic mass is 32.2. The zero-order valence-electron chi connectivity index (χ0n) is 27.6. The van der Waals surface area contributed by atoms with Crippen LogP contribution < -0.4 is 16.4 Å². The van der Waals surface area contributed by atoms with Crippen molar-refractivity contribution < 1.29 is 46.0 Å². The number of hydrogen-bond acceptors (Lipinski definition) is 8. The number of nitrogens with two attached hydrogens (primary N) is 1. The average Bonchev–Trinajstić information content (AvgIpc) is 3.06. The van der Waals surface area contributed by atoms with Crippen molar-refractivity contribution in [1.82, 2.24) is 14.9 Å². The van der Waals surface area contributed by atoms with Gasteiger partial charge in [-0.15, -0.1) is 0 Å². The predicted octanol–water partition coefficient (Wildman–Crippen LogP) is 4.38. The molecule has 268 valence electrons. The first-order valence-electron chi connectivity index (χ1n) is 15.6. The molecule has 13 nitrogen and oxygen atoms in total. The van der Waals surface area contributed by atoms with Crippen LogP contribution in [0.15, 0.2) is 83.8 Å². The molecule has 16 heteroatoms. The van der Waals surface area contributed by atoms with Crippen molar-refractivity contribution in [2.45, 2.75) is 56.0 Å². The molecule has 0 fully saturated rings. The number of rotatable bonds is 18. The summed E-state index contributed by atoms with van der Waals surface area (Å²) in [5.41, 5.74) is 6.87. The lowest BCUT2D eigenvalue weighted by Gasteiger charge is -2.32. The van der Waals surface area contributed by atoms with Gasteiger partial charge in [-0.2, -0.15) is 4.31 Å². The van der Waals surface area contributed by atoms with E-state index in [-0.39, 0.29) is 36.0 Å². The normalized spacial score (nSPS) is 13.3. The summed E-state index contributed by atoms with van der Waals surface area (Å²) >= 11 is 0. The third-order valence-corrected chi connectivity index (χ3v) is 10.0. The highest BCUT2D eigenvalue weighted by molar-refractivity contribution is 7.89. The number of alkyl carbamates (subject to hydrolysis) is 1. The van der Waals surface area contributed by atoms with Crippen molar-refractivity contribution in [2.75, 3.05) is 32.5 Å². The second kappa shape index (κ2) is 18.2. The molecule has 49 heavy (non-hydrogen) atoms. The number of methoxy groups -OCH3 is 1. The second-order valence-corrected chi connectivity index (χ2v) is 14.9. The van der Waals surface area contributed by atoms with Crippen LogP contribution in [0.4, 0.5) is 14.9 Å². The zero-order valence-corrected chi connectivity index (χ0v) is 29.3. The van der Waals surface area contributed by atoms with Gasteiger partial charge in [0.25, 0.3) is 0 Å². The number of amides is 2. The molecule has 3 aromatic rings. The Labute approximate surface area is 286 Å². The molecule has 6 N–H and O–H groups in total. The lowest BCUT2D eigenvalue weighted by Crippen LogP contribution is -2.50. The Kier molecular flexibility index (Phi) is 14.7. The van der Waals surface area contributed by atoms with E-state index in [9.17, 15) is 36.7 Å². The SMILES string of the molecule is COC(=O)NC(C(=O)NCCCCC(COP(=O)(O)O)N(CC(C)C)S(=O)(=O)c1ccc(N)c(F)c1)C(c1ccccc1)c1ccccc1. The van der Waals surface area contributed by atoms with Crippen molar-refractivity contribution in [1.29, 1.82) is 0 Å². The number of ether oxygens (including phenoxy) is 1. The summed E-state index contributed by atoms with van der Waals surface area (Å²) in [4.78, 5) is 44.5. The van der Waals surface area contributed by atoms with Crippen LogP contribution in [-0.2, 0) is 28.6 Å². The molecule has 0 aliphatic rings. The van der Waals surface area contributed by atoms with Gasteiger partial charge in [0.2, 0.25) is 15.9 Å². The van der Waals surface area contributed by atoms with Crippen LogP contribution in [0.1, 0.15) is 50.2 Å². The molecule has 2 amide bonds. The molecule has 0 aromatic heterocycles.